The highest BCUT2D eigenvalue weighted by molar-refractivity contribution is 5.07. The minimum absolute atomic E-state index is 0.993. The number of quaternary nitrogens is 2. The number of hydrogen-bond acceptors (Lipinski definition) is 1. The molecule has 0 atom stereocenters. The molecule has 18 heavy (non-hydrogen) atoms. The average Bonchev–Trinajstić information content (AvgIpc) is 2.95. The normalized spacial score (nSPS) is 29.6. The Bertz CT molecular complexity index is 351. The Labute approximate surface area is 110 Å². The van der Waals surface area contributed by atoms with E-state index < -0.39 is 0 Å². The highest BCUT2D eigenvalue weighted by atomic mass is 15.3. The summed E-state index contributed by atoms with van der Waals surface area (Å²) in [6, 6.07) is 5.30. The summed E-state index contributed by atoms with van der Waals surface area (Å²) in [7, 11) is 0. The van der Waals surface area contributed by atoms with Gasteiger partial charge in [0.05, 0.1) is 6.04 Å². The Hall–Kier alpha value is -0.930. The summed E-state index contributed by atoms with van der Waals surface area (Å²) in [6.45, 7) is 6.62. The fourth-order valence-corrected chi connectivity index (χ4v) is 3.63. The zero-order chi connectivity index (χ0) is 12.2. The van der Waals surface area contributed by atoms with E-state index in [9.17, 15) is 0 Å². The third kappa shape index (κ3) is 2.90. The number of hydrogen-bond donors (Lipinski definition) is 2. The molecular weight excluding hydrogens is 222 g/mol. The second kappa shape index (κ2) is 5.81. The van der Waals surface area contributed by atoms with Crippen LogP contribution in [-0.2, 0) is 6.54 Å². The van der Waals surface area contributed by atoms with E-state index in [0.29, 0.717) is 0 Å². The van der Waals surface area contributed by atoms with Gasteiger partial charge in [-0.3, -0.25) is 4.98 Å². The summed E-state index contributed by atoms with van der Waals surface area (Å²) in [6.07, 6.45) is 9.73. The van der Waals surface area contributed by atoms with E-state index in [1.807, 2.05) is 17.3 Å². The van der Waals surface area contributed by atoms with E-state index in [2.05, 4.69) is 17.1 Å². The Morgan fingerprint density at radius 3 is 2.33 bits per heavy atom. The van der Waals surface area contributed by atoms with Gasteiger partial charge in [-0.1, -0.05) is 0 Å². The minimum atomic E-state index is 0.993. The predicted molar refractivity (Wildman–Crippen MR) is 71.6 cm³/mol. The number of rotatable bonds is 3. The van der Waals surface area contributed by atoms with Gasteiger partial charge >= 0.3 is 0 Å². The van der Waals surface area contributed by atoms with Gasteiger partial charge in [0.25, 0.3) is 0 Å². The number of aromatic nitrogens is 1. The molecule has 0 spiro atoms. The van der Waals surface area contributed by atoms with Crippen LogP contribution in [0.2, 0.25) is 0 Å². The topological polar surface area (TPSA) is 21.8 Å². The van der Waals surface area contributed by atoms with Crippen molar-refractivity contribution in [2.45, 2.75) is 38.3 Å². The van der Waals surface area contributed by atoms with Crippen molar-refractivity contribution < 1.29 is 9.80 Å². The van der Waals surface area contributed by atoms with Crippen molar-refractivity contribution in [1.82, 2.24) is 4.98 Å². The number of nitrogens with zero attached hydrogens (tertiary/aromatic N) is 1. The van der Waals surface area contributed by atoms with Crippen molar-refractivity contribution in [2.24, 2.45) is 0 Å². The van der Waals surface area contributed by atoms with Gasteiger partial charge < -0.3 is 9.80 Å². The molecule has 98 valence electrons. The molecule has 1 saturated carbocycles. The molecule has 2 heterocycles. The van der Waals surface area contributed by atoms with Crippen LogP contribution in [0.15, 0.2) is 24.5 Å². The largest absolute Gasteiger partial charge is 0.323 e. The molecule has 3 heteroatoms. The van der Waals surface area contributed by atoms with Gasteiger partial charge in [-0.05, 0) is 37.8 Å². The van der Waals surface area contributed by atoms with Crippen LogP contribution >= 0.6 is 0 Å². The summed E-state index contributed by atoms with van der Waals surface area (Å²) in [5, 5.41) is 0. The molecule has 1 aromatic rings. The molecule has 1 aliphatic carbocycles. The molecule has 1 saturated heterocycles. The van der Waals surface area contributed by atoms with Gasteiger partial charge in [0.2, 0.25) is 0 Å². The molecule has 0 aromatic carbocycles. The van der Waals surface area contributed by atoms with E-state index >= 15 is 0 Å². The van der Waals surface area contributed by atoms with Gasteiger partial charge in [0.1, 0.15) is 32.7 Å². The number of nitrogens with one attached hydrogen (secondary N) is 2. The second-order valence-corrected chi connectivity index (χ2v) is 5.92. The maximum absolute atomic E-state index is 4.09. The number of pyridine rings is 1. The molecule has 0 amide bonds. The summed E-state index contributed by atoms with van der Waals surface area (Å²) in [5.74, 6) is 0. The average molecular weight is 247 g/mol. The highest BCUT2D eigenvalue weighted by Gasteiger charge is 2.31. The number of piperazine rings is 1. The van der Waals surface area contributed by atoms with E-state index in [1.165, 1.54) is 64.0 Å². The molecule has 0 unspecified atom stereocenters. The van der Waals surface area contributed by atoms with Crippen molar-refractivity contribution in [3.05, 3.63) is 30.1 Å². The zero-order valence-corrected chi connectivity index (χ0v) is 11.2. The van der Waals surface area contributed by atoms with Crippen LogP contribution in [0.25, 0.3) is 0 Å². The SMILES string of the molecule is c1cc(C[NH+]2CC[NH+](C3CCCC3)CC2)ccn1. The minimum Gasteiger partial charge on any atom is -0.323 e. The highest BCUT2D eigenvalue weighted by Crippen LogP contribution is 2.15. The van der Waals surface area contributed by atoms with E-state index in [-0.39, 0.29) is 0 Å². The summed E-state index contributed by atoms with van der Waals surface area (Å²) in [4.78, 5) is 7.74. The lowest BCUT2D eigenvalue weighted by molar-refractivity contribution is -1.03. The van der Waals surface area contributed by atoms with E-state index in [1.54, 1.807) is 4.90 Å². The van der Waals surface area contributed by atoms with Crippen molar-refractivity contribution in [2.75, 3.05) is 26.2 Å². The Kier molecular flexibility index (Phi) is 3.91. The Balaban J connectivity index is 1.48. The van der Waals surface area contributed by atoms with Gasteiger partial charge in [-0.25, -0.2) is 0 Å². The molecule has 1 aliphatic heterocycles. The van der Waals surface area contributed by atoms with Crippen LogP contribution in [-0.4, -0.2) is 37.2 Å². The Morgan fingerprint density at radius 2 is 1.67 bits per heavy atom. The third-order valence-electron chi connectivity index (χ3n) is 4.74. The molecule has 2 N–H and O–H groups in total. The first-order valence-electron chi connectivity index (χ1n) is 7.49. The first-order valence-corrected chi connectivity index (χ1v) is 7.49. The van der Waals surface area contributed by atoms with Crippen molar-refractivity contribution in [3.8, 4) is 0 Å². The van der Waals surface area contributed by atoms with Crippen LogP contribution in [0.1, 0.15) is 31.2 Å². The predicted octanol–water partition coefficient (Wildman–Crippen LogP) is -0.692. The Morgan fingerprint density at radius 1 is 1.00 bits per heavy atom. The van der Waals surface area contributed by atoms with Crippen molar-refractivity contribution >= 4 is 0 Å². The molecular formula is C15H25N3+2. The van der Waals surface area contributed by atoms with E-state index in [4.69, 9.17) is 0 Å². The van der Waals surface area contributed by atoms with Crippen molar-refractivity contribution in [3.63, 3.8) is 0 Å². The molecule has 0 radical (unpaired) electrons. The lowest BCUT2D eigenvalue weighted by Gasteiger charge is -2.33. The van der Waals surface area contributed by atoms with E-state index in [0.717, 1.165) is 6.04 Å². The molecule has 3 rings (SSSR count). The fourth-order valence-electron chi connectivity index (χ4n) is 3.63. The van der Waals surface area contributed by atoms with Crippen LogP contribution < -0.4 is 9.80 Å². The quantitative estimate of drug-likeness (QED) is 0.725. The summed E-state index contributed by atoms with van der Waals surface area (Å²) in [5.41, 5.74) is 1.43. The van der Waals surface area contributed by atoms with Crippen LogP contribution in [0.4, 0.5) is 0 Å². The maximum Gasteiger partial charge on any atom is 0.127 e. The van der Waals surface area contributed by atoms with Crippen LogP contribution in [0.5, 0.6) is 0 Å². The monoisotopic (exact) mass is 247 g/mol. The molecule has 0 bridgehead atoms. The van der Waals surface area contributed by atoms with Gasteiger partial charge in [-0.15, -0.1) is 0 Å². The third-order valence-corrected chi connectivity index (χ3v) is 4.74. The first-order chi connectivity index (χ1) is 8.92. The molecule has 1 aromatic heterocycles. The lowest BCUT2D eigenvalue weighted by Crippen LogP contribution is -3.29. The van der Waals surface area contributed by atoms with Gasteiger partial charge in [-0.2, -0.15) is 0 Å². The summed E-state index contributed by atoms with van der Waals surface area (Å²) < 4.78 is 0. The van der Waals surface area contributed by atoms with Gasteiger partial charge in [0.15, 0.2) is 0 Å². The fraction of sp³-hybridized carbons (Fsp3) is 0.667. The van der Waals surface area contributed by atoms with Crippen molar-refractivity contribution in [1.29, 1.82) is 0 Å². The molecule has 2 aliphatic rings. The summed E-state index contributed by atoms with van der Waals surface area (Å²) >= 11 is 0. The standard InChI is InChI=1S/C15H23N3/c1-2-4-15(3-1)18-11-9-17(10-12-18)13-14-5-7-16-8-6-14/h5-8,15H,1-4,9-13H2/p+2. The molecule has 2 fully saturated rings. The van der Waals surface area contributed by atoms with Crippen LogP contribution in [0, 0.1) is 0 Å². The van der Waals surface area contributed by atoms with Gasteiger partial charge in [0, 0.05) is 18.0 Å². The first kappa shape index (κ1) is 12.1. The lowest BCUT2D eigenvalue weighted by atomic mass is 10.1. The van der Waals surface area contributed by atoms with Crippen LogP contribution in [0.3, 0.4) is 0 Å². The zero-order valence-electron chi connectivity index (χ0n) is 11.2. The maximum atomic E-state index is 4.09. The second-order valence-electron chi connectivity index (χ2n) is 5.92. The molecule has 3 nitrogen and oxygen atoms in total. The smallest absolute Gasteiger partial charge is 0.127 e.